The van der Waals surface area contributed by atoms with Gasteiger partial charge in [-0.25, -0.2) is 28.1 Å². The number of benzene rings is 3. The first-order chi connectivity index (χ1) is 21.9. The Kier molecular flexibility index (Phi) is 9.87. The third-order valence-corrected chi connectivity index (χ3v) is 9.84. The SMILES string of the molecule is Cc1cc(C(C)(C)C)c(C)cc1Cn1c(=O)n(Cc2cc(C)c(C(C)(C)C)cc2C)c(=O)n(Cc2cc(C)c(C(C)(C)C)cc2C)c1=O. The molecule has 0 radical (unpaired) electrons. The molecule has 6 heteroatoms. The highest BCUT2D eigenvalue weighted by atomic mass is 16.2. The van der Waals surface area contributed by atoms with Crippen LogP contribution in [0.2, 0.25) is 0 Å². The molecular formula is C42H57N3O3. The van der Waals surface area contributed by atoms with Crippen molar-refractivity contribution in [1.82, 2.24) is 13.7 Å². The van der Waals surface area contributed by atoms with Gasteiger partial charge in [0, 0.05) is 0 Å². The van der Waals surface area contributed by atoms with Crippen LogP contribution in [0.3, 0.4) is 0 Å². The summed E-state index contributed by atoms with van der Waals surface area (Å²) in [6.45, 7) is 32.2. The highest BCUT2D eigenvalue weighted by Crippen LogP contribution is 2.30. The van der Waals surface area contributed by atoms with Crippen LogP contribution >= 0.6 is 0 Å². The van der Waals surface area contributed by atoms with Crippen LogP contribution < -0.4 is 17.1 Å². The van der Waals surface area contributed by atoms with Crippen LogP contribution in [0.25, 0.3) is 0 Å². The van der Waals surface area contributed by atoms with Gasteiger partial charge in [-0.05, 0) is 125 Å². The Balaban J connectivity index is 1.96. The standard InChI is InChI=1S/C42H57N3O3/c1-25-19-34(40(7,8)9)28(4)16-31(25)22-43-37(46)44(23-32-17-29(5)35(20-26(32)2)41(10,11)12)39(48)45(38(43)47)24-33-18-30(6)36(21-27(33)3)42(13,14)15/h16-21H,22-24H2,1-15H3. The third-order valence-electron chi connectivity index (χ3n) is 9.84. The van der Waals surface area contributed by atoms with Gasteiger partial charge in [-0.1, -0.05) is 98.7 Å². The molecule has 0 fully saturated rings. The molecule has 48 heavy (non-hydrogen) atoms. The maximum absolute atomic E-state index is 14.3. The van der Waals surface area contributed by atoms with Gasteiger partial charge in [-0.15, -0.1) is 0 Å². The molecule has 0 atom stereocenters. The van der Waals surface area contributed by atoms with Crippen LogP contribution in [0.5, 0.6) is 0 Å². The summed E-state index contributed by atoms with van der Waals surface area (Å²) in [6, 6.07) is 12.7. The number of nitrogens with zero attached hydrogens (tertiary/aromatic N) is 3. The van der Waals surface area contributed by atoms with Crippen molar-refractivity contribution in [3.63, 3.8) is 0 Å². The molecule has 0 aliphatic carbocycles. The summed E-state index contributed by atoms with van der Waals surface area (Å²) in [5.74, 6) is 0. The predicted molar refractivity (Wildman–Crippen MR) is 200 cm³/mol. The molecule has 1 aromatic heterocycles. The molecule has 0 N–H and O–H groups in total. The minimum Gasteiger partial charge on any atom is -0.247 e. The average Bonchev–Trinajstić information content (AvgIpc) is 2.94. The molecule has 3 aromatic carbocycles. The van der Waals surface area contributed by atoms with Crippen molar-refractivity contribution in [3.05, 3.63) is 135 Å². The van der Waals surface area contributed by atoms with Crippen molar-refractivity contribution in [1.29, 1.82) is 0 Å². The monoisotopic (exact) mass is 651 g/mol. The van der Waals surface area contributed by atoms with Gasteiger partial charge in [0.1, 0.15) is 0 Å². The lowest BCUT2D eigenvalue weighted by Gasteiger charge is -2.25. The van der Waals surface area contributed by atoms with Gasteiger partial charge in [0.25, 0.3) is 0 Å². The molecule has 0 bridgehead atoms. The molecule has 0 unspecified atom stereocenters. The molecule has 4 aromatic rings. The minimum atomic E-state index is -0.592. The summed E-state index contributed by atoms with van der Waals surface area (Å²) in [5.41, 5.74) is 10.8. The smallest absolute Gasteiger partial charge is 0.247 e. The second kappa shape index (κ2) is 12.8. The molecule has 258 valence electrons. The molecule has 0 aliphatic heterocycles. The van der Waals surface area contributed by atoms with Gasteiger partial charge in [0.05, 0.1) is 19.6 Å². The van der Waals surface area contributed by atoms with E-state index in [1.165, 1.54) is 30.4 Å². The van der Waals surface area contributed by atoms with Crippen molar-refractivity contribution >= 4 is 0 Å². The van der Waals surface area contributed by atoms with Gasteiger partial charge in [0.2, 0.25) is 0 Å². The zero-order chi connectivity index (χ0) is 36.3. The summed E-state index contributed by atoms with van der Waals surface area (Å²) in [5, 5.41) is 0. The molecule has 1 heterocycles. The lowest BCUT2D eigenvalue weighted by atomic mass is 9.82. The maximum atomic E-state index is 14.3. The second-order valence-corrected chi connectivity index (χ2v) is 17.1. The van der Waals surface area contributed by atoms with E-state index in [0.717, 1.165) is 50.1 Å². The van der Waals surface area contributed by atoms with Gasteiger partial charge >= 0.3 is 17.1 Å². The molecule has 4 rings (SSSR count). The number of hydrogen-bond donors (Lipinski definition) is 0. The van der Waals surface area contributed by atoms with E-state index in [0.29, 0.717) is 0 Å². The van der Waals surface area contributed by atoms with E-state index >= 15 is 0 Å². The number of hydrogen-bond acceptors (Lipinski definition) is 3. The zero-order valence-electron chi connectivity index (χ0n) is 32.2. The summed E-state index contributed by atoms with van der Waals surface area (Å²) in [7, 11) is 0. The van der Waals surface area contributed by atoms with E-state index in [1.807, 2.05) is 20.8 Å². The Morgan fingerprint density at radius 2 is 0.583 bits per heavy atom. The summed E-state index contributed by atoms with van der Waals surface area (Å²) >= 11 is 0. The second-order valence-electron chi connectivity index (χ2n) is 17.1. The number of aromatic nitrogens is 3. The molecule has 0 amide bonds. The highest BCUT2D eigenvalue weighted by Gasteiger charge is 2.23. The van der Waals surface area contributed by atoms with Gasteiger partial charge in [0.15, 0.2) is 0 Å². The quantitative estimate of drug-likeness (QED) is 0.212. The fourth-order valence-electron chi connectivity index (χ4n) is 7.16. The topological polar surface area (TPSA) is 66.0 Å². The normalized spacial score (nSPS) is 12.6. The van der Waals surface area contributed by atoms with Crippen LogP contribution in [-0.2, 0) is 35.9 Å². The third kappa shape index (κ3) is 7.38. The lowest BCUT2D eigenvalue weighted by Crippen LogP contribution is -2.55. The summed E-state index contributed by atoms with van der Waals surface area (Å²) in [4.78, 5) is 42.8. The lowest BCUT2D eigenvalue weighted by molar-refractivity contribution is 0.489. The largest absolute Gasteiger partial charge is 0.336 e. The van der Waals surface area contributed by atoms with Gasteiger partial charge < -0.3 is 0 Å². The number of aryl methyl sites for hydroxylation is 6. The first-order valence-electron chi connectivity index (χ1n) is 17.2. The first kappa shape index (κ1) is 36.9. The molecular weight excluding hydrogens is 594 g/mol. The summed E-state index contributed by atoms with van der Waals surface area (Å²) < 4.78 is 3.74. The fourth-order valence-corrected chi connectivity index (χ4v) is 7.16. The van der Waals surface area contributed by atoms with Crippen LogP contribution in [0.15, 0.2) is 50.8 Å². The maximum Gasteiger partial charge on any atom is 0.336 e. The minimum absolute atomic E-state index is 0.0405. The van der Waals surface area contributed by atoms with Crippen molar-refractivity contribution in [2.24, 2.45) is 0 Å². The van der Waals surface area contributed by atoms with Crippen LogP contribution in [-0.4, -0.2) is 13.7 Å². The predicted octanol–water partition coefficient (Wildman–Crippen LogP) is 8.06. The van der Waals surface area contributed by atoms with E-state index in [4.69, 9.17) is 0 Å². The van der Waals surface area contributed by atoms with Crippen LogP contribution in [0.4, 0.5) is 0 Å². The molecule has 0 saturated heterocycles. The Bertz CT molecular complexity index is 1800. The van der Waals surface area contributed by atoms with E-state index in [-0.39, 0.29) is 35.9 Å². The Labute approximate surface area is 287 Å². The van der Waals surface area contributed by atoms with Gasteiger partial charge in [-0.3, -0.25) is 0 Å². The fraction of sp³-hybridized carbons (Fsp3) is 0.500. The Morgan fingerprint density at radius 3 is 0.771 bits per heavy atom. The molecule has 0 aliphatic rings. The van der Waals surface area contributed by atoms with E-state index in [9.17, 15) is 14.4 Å². The van der Waals surface area contributed by atoms with E-state index in [1.54, 1.807) is 0 Å². The van der Waals surface area contributed by atoms with Crippen molar-refractivity contribution < 1.29 is 0 Å². The van der Waals surface area contributed by atoms with E-state index in [2.05, 4.69) is 119 Å². The van der Waals surface area contributed by atoms with Crippen LogP contribution in [0.1, 0.15) is 129 Å². The zero-order valence-corrected chi connectivity index (χ0v) is 32.2. The van der Waals surface area contributed by atoms with Crippen molar-refractivity contribution in [2.45, 2.75) is 140 Å². The number of rotatable bonds is 6. The molecule has 0 saturated carbocycles. The summed E-state index contributed by atoms with van der Waals surface area (Å²) in [6.07, 6.45) is 0. The van der Waals surface area contributed by atoms with Crippen LogP contribution in [0, 0.1) is 41.5 Å². The van der Waals surface area contributed by atoms with Crippen molar-refractivity contribution in [3.8, 4) is 0 Å². The Morgan fingerprint density at radius 1 is 0.375 bits per heavy atom. The average molecular weight is 652 g/mol. The Hall–Kier alpha value is -3.93. The van der Waals surface area contributed by atoms with Crippen molar-refractivity contribution in [2.75, 3.05) is 0 Å². The van der Waals surface area contributed by atoms with E-state index < -0.39 is 17.1 Å². The highest BCUT2D eigenvalue weighted by molar-refractivity contribution is 5.43. The molecule has 6 nitrogen and oxygen atoms in total. The first-order valence-corrected chi connectivity index (χ1v) is 17.2. The molecule has 0 spiro atoms. The van der Waals surface area contributed by atoms with Gasteiger partial charge in [-0.2, -0.15) is 0 Å².